The van der Waals surface area contributed by atoms with Crippen LogP contribution >= 0.6 is 0 Å². The molecule has 152 valence electrons. The monoisotopic (exact) mass is 394 g/mol. The summed E-state index contributed by atoms with van der Waals surface area (Å²) in [6.07, 6.45) is 3.41. The maximum atomic E-state index is 12.4. The zero-order valence-electron chi connectivity index (χ0n) is 16.8. The molecule has 0 radical (unpaired) electrons. The van der Waals surface area contributed by atoms with Crippen LogP contribution in [0.15, 0.2) is 54.6 Å². The van der Waals surface area contributed by atoms with Gasteiger partial charge in [0.1, 0.15) is 12.4 Å². The van der Waals surface area contributed by atoms with Crippen LogP contribution < -0.4 is 9.64 Å². The van der Waals surface area contributed by atoms with Crippen LogP contribution in [0, 0.1) is 0 Å². The van der Waals surface area contributed by atoms with Gasteiger partial charge in [-0.3, -0.25) is 9.59 Å². The van der Waals surface area contributed by atoms with Gasteiger partial charge in [-0.05, 0) is 48.0 Å². The van der Waals surface area contributed by atoms with Gasteiger partial charge in [-0.2, -0.15) is 0 Å². The predicted octanol–water partition coefficient (Wildman–Crippen LogP) is 2.89. The molecule has 1 fully saturated rings. The largest absolute Gasteiger partial charge is 0.497 e. The first-order valence-corrected chi connectivity index (χ1v) is 9.59. The molecular formula is C23H26N2O4. The molecule has 2 aromatic carbocycles. The van der Waals surface area contributed by atoms with Gasteiger partial charge in [0.05, 0.1) is 7.11 Å². The number of ether oxygens (including phenoxy) is 2. The first-order chi connectivity index (χ1) is 14.1. The van der Waals surface area contributed by atoms with Crippen LogP contribution in [0.3, 0.4) is 0 Å². The van der Waals surface area contributed by atoms with E-state index in [-0.39, 0.29) is 18.3 Å². The second kappa shape index (κ2) is 9.89. The van der Waals surface area contributed by atoms with Crippen LogP contribution in [0.2, 0.25) is 0 Å². The van der Waals surface area contributed by atoms with Gasteiger partial charge < -0.3 is 19.3 Å². The van der Waals surface area contributed by atoms with Crippen molar-refractivity contribution in [2.45, 2.75) is 0 Å². The SMILES string of the molecule is COCC(=O)N1CCN(c2cccc(C=CC(=O)c3ccc(OC)cc3)c2)CC1. The molecule has 29 heavy (non-hydrogen) atoms. The minimum absolute atomic E-state index is 0.0286. The zero-order valence-corrected chi connectivity index (χ0v) is 16.8. The molecule has 1 aliphatic rings. The smallest absolute Gasteiger partial charge is 0.248 e. The zero-order chi connectivity index (χ0) is 20.6. The molecule has 6 nitrogen and oxygen atoms in total. The third-order valence-corrected chi connectivity index (χ3v) is 4.94. The van der Waals surface area contributed by atoms with Crippen molar-refractivity contribution in [2.24, 2.45) is 0 Å². The quantitative estimate of drug-likeness (QED) is 0.534. The maximum absolute atomic E-state index is 12.4. The molecule has 1 aliphatic heterocycles. The fourth-order valence-electron chi connectivity index (χ4n) is 3.28. The highest BCUT2D eigenvalue weighted by Gasteiger charge is 2.21. The number of ketones is 1. The fourth-order valence-corrected chi connectivity index (χ4v) is 3.28. The number of hydrogen-bond donors (Lipinski definition) is 0. The molecule has 0 N–H and O–H groups in total. The highest BCUT2D eigenvalue weighted by atomic mass is 16.5. The van der Waals surface area contributed by atoms with Gasteiger partial charge >= 0.3 is 0 Å². The van der Waals surface area contributed by atoms with Gasteiger partial charge in [-0.1, -0.05) is 18.2 Å². The molecular weight excluding hydrogens is 368 g/mol. The van der Waals surface area contributed by atoms with E-state index in [1.807, 2.05) is 23.1 Å². The lowest BCUT2D eigenvalue weighted by Crippen LogP contribution is -2.49. The van der Waals surface area contributed by atoms with Crippen molar-refractivity contribution in [3.8, 4) is 5.75 Å². The summed E-state index contributed by atoms with van der Waals surface area (Å²) in [5, 5.41) is 0. The van der Waals surface area contributed by atoms with Gasteiger partial charge in [0, 0.05) is 44.5 Å². The standard InChI is InChI=1S/C23H26N2O4/c1-28-17-23(27)25-14-12-24(13-15-25)20-5-3-4-18(16-20)6-11-22(26)19-7-9-21(29-2)10-8-19/h3-11,16H,12-15,17H2,1-2H3. The Kier molecular flexibility index (Phi) is 7.03. The second-order valence-electron chi connectivity index (χ2n) is 6.82. The minimum atomic E-state index is -0.0525. The molecule has 0 bridgehead atoms. The molecule has 0 unspecified atom stereocenters. The Balaban J connectivity index is 1.61. The van der Waals surface area contributed by atoms with Crippen LogP contribution in [0.5, 0.6) is 5.75 Å². The molecule has 1 amide bonds. The Morgan fingerprint density at radius 3 is 2.38 bits per heavy atom. The summed E-state index contributed by atoms with van der Waals surface area (Å²) in [4.78, 5) is 28.4. The summed E-state index contributed by atoms with van der Waals surface area (Å²) >= 11 is 0. The van der Waals surface area contributed by atoms with E-state index in [4.69, 9.17) is 9.47 Å². The molecule has 3 rings (SSSR count). The second-order valence-corrected chi connectivity index (χ2v) is 6.82. The van der Waals surface area contributed by atoms with Crippen LogP contribution in [0.1, 0.15) is 15.9 Å². The maximum Gasteiger partial charge on any atom is 0.248 e. The molecule has 6 heteroatoms. The van der Waals surface area contributed by atoms with Crippen molar-refractivity contribution in [2.75, 3.05) is 51.9 Å². The van der Waals surface area contributed by atoms with Crippen molar-refractivity contribution in [3.63, 3.8) is 0 Å². The summed E-state index contributed by atoms with van der Waals surface area (Å²) in [7, 11) is 3.13. The average molecular weight is 394 g/mol. The molecule has 1 saturated heterocycles. The Morgan fingerprint density at radius 1 is 1.00 bits per heavy atom. The molecule has 0 aromatic heterocycles. The molecule has 0 saturated carbocycles. The lowest BCUT2D eigenvalue weighted by molar-refractivity contribution is -0.135. The average Bonchev–Trinajstić information content (AvgIpc) is 2.78. The van der Waals surface area contributed by atoms with E-state index in [1.165, 1.54) is 7.11 Å². The van der Waals surface area contributed by atoms with Gasteiger partial charge in [-0.15, -0.1) is 0 Å². The van der Waals surface area contributed by atoms with Crippen LogP contribution in [0.4, 0.5) is 5.69 Å². The number of anilines is 1. The summed E-state index contributed by atoms with van der Waals surface area (Å²) in [5.74, 6) is 0.700. The molecule has 0 aliphatic carbocycles. The number of nitrogens with zero attached hydrogens (tertiary/aromatic N) is 2. The summed E-state index contributed by atoms with van der Waals surface area (Å²) in [6.45, 7) is 3.03. The number of carbonyl (C=O) groups is 2. The van der Waals surface area contributed by atoms with Gasteiger partial charge in [0.25, 0.3) is 0 Å². The number of hydrogen-bond acceptors (Lipinski definition) is 5. The molecule has 1 heterocycles. The van der Waals surface area contributed by atoms with E-state index in [1.54, 1.807) is 37.5 Å². The van der Waals surface area contributed by atoms with Crippen molar-refractivity contribution >= 4 is 23.5 Å². The minimum Gasteiger partial charge on any atom is -0.497 e. The number of allylic oxidation sites excluding steroid dienone is 1. The van der Waals surface area contributed by atoms with Crippen LogP contribution in [-0.2, 0) is 9.53 Å². The van der Waals surface area contributed by atoms with E-state index >= 15 is 0 Å². The van der Waals surface area contributed by atoms with E-state index < -0.39 is 0 Å². The topological polar surface area (TPSA) is 59.1 Å². The number of methoxy groups -OCH3 is 2. The first kappa shape index (κ1) is 20.6. The number of benzene rings is 2. The Hall–Kier alpha value is -3.12. The van der Waals surface area contributed by atoms with E-state index in [2.05, 4.69) is 17.0 Å². The summed E-state index contributed by atoms with van der Waals surface area (Å²) in [5.41, 5.74) is 2.67. The molecule has 0 spiro atoms. The Bertz CT molecular complexity index is 869. The van der Waals surface area contributed by atoms with Gasteiger partial charge in [0.15, 0.2) is 5.78 Å². The van der Waals surface area contributed by atoms with Crippen molar-refractivity contribution in [3.05, 3.63) is 65.7 Å². The highest BCUT2D eigenvalue weighted by Crippen LogP contribution is 2.19. The third kappa shape index (κ3) is 5.45. The summed E-state index contributed by atoms with van der Waals surface area (Å²) in [6, 6.07) is 15.1. The number of rotatable bonds is 7. The third-order valence-electron chi connectivity index (χ3n) is 4.94. The fraction of sp³-hybridized carbons (Fsp3) is 0.304. The summed E-state index contributed by atoms with van der Waals surface area (Å²) < 4.78 is 10.0. The Labute approximate surface area is 171 Å². The Morgan fingerprint density at radius 2 is 1.72 bits per heavy atom. The lowest BCUT2D eigenvalue weighted by atomic mass is 10.1. The number of carbonyl (C=O) groups excluding carboxylic acids is 2. The molecule has 0 atom stereocenters. The van der Waals surface area contributed by atoms with Crippen molar-refractivity contribution in [1.82, 2.24) is 4.90 Å². The predicted molar refractivity (Wildman–Crippen MR) is 113 cm³/mol. The van der Waals surface area contributed by atoms with Crippen molar-refractivity contribution in [1.29, 1.82) is 0 Å². The normalized spacial score (nSPS) is 14.3. The number of amides is 1. The number of piperazine rings is 1. The van der Waals surface area contributed by atoms with E-state index in [0.29, 0.717) is 18.7 Å². The van der Waals surface area contributed by atoms with E-state index in [0.717, 1.165) is 30.1 Å². The van der Waals surface area contributed by atoms with E-state index in [9.17, 15) is 9.59 Å². The van der Waals surface area contributed by atoms with Crippen LogP contribution in [-0.4, -0.2) is 63.6 Å². The van der Waals surface area contributed by atoms with Gasteiger partial charge in [0.2, 0.25) is 5.91 Å². The first-order valence-electron chi connectivity index (χ1n) is 9.59. The highest BCUT2D eigenvalue weighted by molar-refractivity contribution is 6.06. The van der Waals surface area contributed by atoms with Gasteiger partial charge in [-0.25, -0.2) is 0 Å². The molecule has 2 aromatic rings. The van der Waals surface area contributed by atoms with Crippen LogP contribution in [0.25, 0.3) is 6.08 Å². The van der Waals surface area contributed by atoms with Crippen molar-refractivity contribution < 1.29 is 19.1 Å². The lowest BCUT2D eigenvalue weighted by Gasteiger charge is -2.36.